The quantitative estimate of drug-likeness (QED) is 0.637. The lowest BCUT2D eigenvalue weighted by Crippen LogP contribution is -2.04. The molecule has 2 rings (SSSR count). The Bertz CT molecular complexity index is 594. The number of carbonyl (C=O) groups is 1. The fraction of sp³-hybridized carbons (Fsp3) is 0.286. The summed E-state index contributed by atoms with van der Waals surface area (Å²) in [6, 6.07) is 5.37. The molecule has 0 fully saturated rings. The third-order valence-electron chi connectivity index (χ3n) is 2.41. The van der Waals surface area contributed by atoms with Crippen molar-refractivity contribution in [2.24, 2.45) is 0 Å². The number of aryl methyl sites for hydroxylation is 2. The van der Waals surface area contributed by atoms with Gasteiger partial charge in [-0.25, -0.2) is 19.7 Å². The summed E-state index contributed by atoms with van der Waals surface area (Å²) in [5, 5.41) is 1.39. The van der Waals surface area contributed by atoms with Crippen molar-refractivity contribution in [2.75, 3.05) is 6.61 Å². The highest BCUT2D eigenvalue weighted by atomic mass is 32.2. The van der Waals surface area contributed by atoms with Gasteiger partial charge in [-0.15, -0.1) is 0 Å². The van der Waals surface area contributed by atoms with Crippen molar-refractivity contribution in [1.29, 1.82) is 0 Å². The van der Waals surface area contributed by atoms with Crippen LogP contribution in [0.15, 0.2) is 34.6 Å². The van der Waals surface area contributed by atoms with E-state index in [-0.39, 0.29) is 5.97 Å². The van der Waals surface area contributed by atoms with Crippen molar-refractivity contribution in [3.05, 3.63) is 41.3 Å². The van der Waals surface area contributed by atoms with Crippen LogP contribution in [0.1, 0.15) is 28.7 Å². The molecule has 0 saturated carbocycles. The first kappa shape index (κ1) is 14.5. The average Bonchev–Trinajstić information content (AvgIpc) is 2.38. The Kier molecular flexibility index (Phi) is 4.68. The third kappa shape index (κ3) is 3.77. The molecule has 0 amide bonds. The lowest BCUT2D eigenvalue weighted by atomic mass is 10.3. The molecule has 0 spiro atoms. The zero-order valence-electron chi connectivity index (χ0n) is 11.6. The van der Waals surface area contributed by atoms with Crippen molar-refractivity contribution in [3.8, 4) is 0 Å². The highest BCUT2D eigenvalue weighted by Gasteiger charge is 2.08. The molecule has 0 N–H and O–H groups in total. The molecule has 0 atom stereocenters. The predicted octanol–water partition coefficient (Wildman–Crippen LogP) is 2.82. The van der Waals surface area contributed by atoms with Gasteiger partial charge in [-0.05, 0) is 50.7 Å². The highest BCUT2D eigenvalue weighted by molar-refractivity contribution is 7.99. The van der Waals surface area contributed by atoms with Gasteiger partial charge in [0.1, 0.15) is 5.03 Å². The maximum Gasteiger partial charge on any atom is 0.339 e. The number of pyridine rings is 1. The molecule has 2 aromatic rings. The molecule has 20 heavy (non-hydrogen) atoms. The maximum absolute atomic E-state index is 11.5. The molecule has 6 heteroatoms. The van der Waals surface area contributed by atoms with Gasteiger partial charge in [0.2, 0.25) is 0 Å². The zero-order valence-corrected chi connectivity index (χ0v) is 12.4. The van der Waals surface area contributed by atoms with Crippen LogP contribution < -0.4 is 0 Å². The summed E-state index contributed by atoms with van der Waals surface area (Å²) in [5.41, 5.74) is 2.28. The Hall–Kier alpha value is -1.95. The maximum atomic E-state index is 11.5. The number of rotatable bonds is 4. The summed E-state index contributed by atoms with van der Waals surface area (Å²) in [7, 11) is 0. The van der Waals surface area contributed by atoms with E-state index in [1.54, 1.807) is 19.1 Å². The van der Waals surface area contributed by atoms with Crippen molar-refractivity contribution in [3.63, 3.8) is 0 Å². The van der Waals surface area contributed by atoms with Crippen LogP contribution in [0.3, 0.4) is 0 Å². The third-order valence-corrected chi connectivity index (χ3v) is 3.22. The van der Waals surface area contributed by atoms with Crippen molar-refractivity contribution in [1.82, 2.24) is 15.0 Å². The standard InChI is InChI=1S/C14H15N3O2S/c1-4-19-13(18)11-5-6-12(15-8-11)20-14-16-9(2)7-10(3)17-14/h5-8H,4H2,1-3H3. The monoisotopic (exact) mass is 289 g/mol. The van der Waals surface area contributed by atoms with Gasteiger partial charge in [-0.3, -0.25) is 0 Å². The first-order valence-electron chi connectivity index (χ1n) is 6.22. The highest BCUT2D eigenvalue weighted by Crippen LogP contribution is 2.23. The van der Waals surface area contributed by atoms with Gasteiger partial charge in [0.15, 0.2) is 5.16 Å². The van der Waals surface area contributed by atoms with Gasteiger partial charge >= 0.3 is 5.97 Å². The second-order valence-electron chi connectivity index (χ2n) is 4.14. The Morgan fingerprint density at radius 3 is 2.50 bits per heavy atom. The van der Waals surface area contributed by atoms with E-state index in [4.69, 9.17) is 4.74 Å². The molecule has 0 aliphatic heterocycles. The Labute approximate surface area is 121 Å². The summed E-state index contributed by atoms with van der Waals surface area (Å²) in [6.07, 6.45) is 1.50. The van der Waals surface area contributed by atoms with Gasteiger partial charge < -0.3 is 4.74 Å². The lowest BCUT2D eigenvalue weighted by molar-refractivity contribution is 0.0525. The summed E-state index contributed by atoms with van der Waals surface area (Å²) < 4.78 is 4.91. The fourth-order valence-corrected chi connectivity index (χ4v) is 2.42. The van der Waals surface area contributed by atoms with Crippen molar-refractivity contribution < 1.29 is 9.53 Å². The number of esters is 1. The molecule has 0 aromatic carbocycles. The largest absolute Gasteiger partial charge is 0.462 e. The van der Waals surface area contributed by atoms with Crippen LogP contribution in [0.4, 0.5) is 0 Å². The topological polar surface area (TPSA) is 65.0 Å². The van der Waals surface area contributed by atoms with Gasteiger partial charge in [0.05, 0.1) is 12.2 Å². The van der Waals surface area contributed by atoms with Crippen LogP contribution in [-0.4, -0.2) is 27.5 Å². The van der Waals surface area contributed by atoms with E-state index in [1.165, 1.54) is 18.0 Å². The first-order chi connectivity index (χ1) is 9.58. The smallest absolute Gasteiger partial charge is 0.339 e. The first-order valence-corrected chi connectivity index (χ1v) is 7.03. The molecule has 0 radical (unpaired) electrons. The predicted molar refractivity (Wildman–Crippen MR) is 75.8 cm³/mol. The molecule has 104 valence electrons. The van der Waals surface area contributed by atoms with E-state index in [9.17, 15) is 4.79 Å². The molecule has 5 nitrogen and oxygen atoms in total. The molecular weight excluding hydrogens is 274 g/mol. The van der Waals surface area contributed by atoms with Gasteiger partial charge in [-0.1, -0.05) is 0 Å². The van der Waals surface area contributed by atoms with Gasteiger partial charge in [0.25, 0.3) is 0 Å². The second-order valence-corrected chi connectivity index (χ2v) is 5.13. The number of hydrogen-bond acceptors (Lipinski definition) is 6. The fourth-order valence-electron chi connectivity index (χ4n) is 1.61. The molecule has 2 heterocycles. The minimum Gasteiger partial charge on any atom is -0.462 e. The second kappa shape index (κ2) is 6.47. The zero-order chi connectivity index (χ0) is 14.5. The summed E-state index contributed by atoms with van der Waals surface area (Å²) in [4.78, 5) is 24.4. The summed E-state index contributed by atoms with van der Waals surface area (Å²) in [6.45, 7) is 5.98. The van der Waals surface area contributed by atoms with E-state index < -0.39 is 0 Å². The van der Waals surface area contributed by atoms with Gasteiger partial charge in [0, 0.05) is 17.6 Å². The van der Waals surface area contributed by atoms with Crippen LogP contribution in [0.5, 0.6) is 0 Å². The Balaban J connectivity index is 2.12. The molecule has 0 unspecified atom stereocenters. The summed E-state index contributed by atoms with van der Waals surface area (Å²) in [5.74, 6) is -0.362. The van der Waals surface area contributed by atoms with E-state index >= 15 is 0 Å². The number of nitrogens with zero attached hydrogens (tertiary/aromatic N) is 3. The van der Waals surface area contributed by atoms with Crippen LogP contribution >= 0.6 is 11.8 Å². The minimum atomic E-state index is -0.362. The van der Waals surface area contributed by atoms with E-state index in [0.717, 1.165) is 16.4 Å². The molecule has 0 bridgehead atoms. The SMILES string of the molecule is CCOC(=O)c1ccc(Sc2nc(C)cc(C)n2)nc1. The van der Waals surface area contributed by atoms with E-state index in [2.05, 4.69) is 15.0 Å². The van der Waals surface area contributed by atoms with E-state index in [1.807, 2.05) is 19.9 Å². The van der Waals surface area contributed by atoms with Crippen LogP contribution in [0.25, 0.3) is 0 Å². The molecule has 2 aromatic heterocycles. The average molecular weight is 289 g/mol. The normalized spacial score (nSPS) is 10.3. The summed E-state index contributed by atoms with van der Waals surface area (Å²) >= 11 is 1.36. The van der Waals surface area contributed by atoms with E-state index in [0.29, 0.717) is 17.3 Å². The molecule has 0 aliphatic rings. The number of aromatic nitrogens is 3. The minimum absolute atomic E-state index is 0.353. The Morgan fingerprint density at radius 1 is 1.25 bits per heavy atom. The Morgan fingerprint density at radius 2 is 1.95 bits per heavy atom. The van der Waals surface area contributed by atoms with Crippen molar-refractivity contribution in [2.45, 2.75) is 31.0 Å². The molecular formula is C14H15N3O2S. The number of carbonyl (C=O) groups excluding carboxylic acids is 1. The van der Waals surface area contributed by atoms with Crippen molar-refractivity contribution >= 4 is 17.7 Å². The molecule has 0 aliphatic carbocycles. The van der Waals surface area contributed by atoms with Crippen LogP contribution in [-0.2, 0) is 4.74 Å². The lowest BCUT2D eigenvalue weighted by Gasteiger charge is -2.04. The molecule has 0 saturated heterocycles. The number of ether oxygens (including phenoxy) is 1. The van der Waals surface area contributed by atoms with Crippen LogP contribution in [0, 0.1) is 13.8 Å². The van der Waals surface area contributed by atoms with Crippen LogP contribution in [0.2, 0.25) is 0 Å². The number of hydrogen-bond donors (Lipinski definition) is 0. The van der Waals surface area contributed by atoms with Gasteiger partial charge in [-0.2, -0.15) is 0 Å².